The van der Waals surface area contributed by atoms with Crippen LogP contribution < -0.4 is 5.32 Å². The minimum Gasteiger partial charge on any atom is -0.341 e. The number of imidazole rings is 1. The number of aromatic nitrogens is 3. The number of nitrogens with zero attached hydrogens (tertiary/aromatic N) is 2. The highest BCUT2D eigenvalue weighted by Crippen LogP contribution is 2.20. The molecule has 4 nitrogen and oxygen atoms in total. The third kappa shape index (κ3) is 3.64. The van der Waals surface area contributed by atoms with E-state index in [0.717, 1.165) is 36.6 Å². The molecule has 2 N–H and O–H groups in total. The molecule has 0 aliphatic carbocycles. The number of H-pyrrole nitrogens is 1. The smallest absolute Gasteiger partial charge is 0.137 e. The molecule has 19 heavy (non-hydrogen) atoms. The second-order valence-electron chi connectivity index (χ2n) is 5.17. The van der Waals surface area contributed by atoms with Gasteiger partial charge in [0.2, 0.25) is 0 Å². The molecule has 0 fully saturated rings. The Kier molecular flexibility index (Phi) is 4.68. The van der Waals surface area contributed by atoms with Crippen molar-refractivity contribution in [2.45, 2.75) is 33.7 Å². The van der Waals surface area contributed by atoms with Gasteiger partial charge in [0, 0.05) is 36.4 Å². The van der Waals surface area contributed by atoms with E-state index in [1.54, 1.807) is 0 Å². The third-order valence-electron chi connectivity index (χ3n) is 3.04. The quantitative estimate of drug-likeness (QED) is 0.837. The highest BCUT2D eigenvalue weighted by molar-refractivity contribution is 5.59. The normalized spacial score (nSPS) is 11.2. The summed E-state index contributed by atoms with van der Waals surface area (Å²) < 4.78 is 0. The first kappa shape index (κ1) is 13.7. The van der Waals surface area contributed by atoms with Gasteiger partial charge in [-0.25, -0.2) is 4.98 Å². The van der Waals surface area contributed by atoms with Crippen LogP contribution in [-0.2, 0) is 13.0 Å². The number of aromatic amines is 1. The zero-order valence-corrected chi connectivity index (χ0v) is 11.9. The summed E-state index contributed by atoms with van der Waals surface area (Å²) in [6.07, 6.45) is 6.59. The van der Waals surface area contributed by atoms with E-state index in [2.05, 4.69) is 41.0 Å². The van der Waals surface area contributed by atoms with Crippen LogP contribution in [-0.4, -0.2) is 21.5 Å². The Balaban J connectivity index is 2.08. The van der Waals surface area contributed by atoms with Gasteiger partial charge in [-0.1, -0.05) is 20.8 Å². The number of hydrogen-bond donors (Lipinski definition) is 2. The molecule has 2 aromatic heterocycles. The highest BCUT2D eigenvalue weighted by atomic mass is 15.0. The maximum atomic E-state index is 4.47. The molecule has 2 aromatic rings. The van der Waals surface area contributed by atoms with Crippen LogP contribution in [0.4, 0.5) is 0 Å². The zero-order valence-electron chi connectivity index (χ0n) is 11.9. The first-order chi connectivity index (χ1) is 9.20. The van der Waals surface area contributed by atoms with Crippen LogP contribution in [0, 0.1) is 5.92 Å². The number of aryl methyl sites for hydroxylation is 1. The Bertz CT molecular complexity index is 516. The molecule has 0 aliphatic rings. The summed E-state index contributed by atoms with van der Waals surface area (Å²) in [6.45, 7) is 8.39. The van der Waals surface area contributed by atoms with E-state index < -0.39 is 0 Å². The van der Waals surface area contributed by atoms with E-state index in [9.17, 15) is 0 Å². The Hall–Kier alpha value is -1.68. The van der Waals surface area contributed by atoms with Gasteiger partial charge in [-0.15, -0.1) is 0 Å². The van der Waals surface area contributed by atoms with Gasteiger partial charge in [-0.2, -0.15) is 0 Å². The lowest BCUT2D eigenvalue weighted by atomic mass is 10.1. The maximum Gasteiger partial charge on any atom is 0.137 e. The van der Waals surface area contributed by atoms with Crippen molar-refractivity contribution >= 4 is 0 Å². The van der Waals surface area contributed by atoms with E-state index in [1.165, 1.54) is 5.56 Å². The summed E-state index contributed by atoms with van der Waals surface area (Å²) >= 11 is 0. The van der Waals surface area contributed by atoms with Gasteiger partial charge < -0.3 is 10.3 Å². The van der Waals surface area contributed by atoms with Crippen LogP contribution in [0.25, 0.3) is 11.4 Å². The molecule has 2 heterocycles. The van der Waals surface area contributed by atoms with Crippen LogP contribution in [0.3, 0.4) is 0 Å². The molecule has 0 amide bonds. The second kappa shape index (κ2) is 6.48. The summed E-state index contributed by atoms with van der Waals surface area (Å²) in [5.74, 6) is 1.59. The predicted molar refractivity (Wildman–Crippen MR) is 77.7 cm³/mol. The summed E-state index contributed by atoms with van der Waals surface area (Å²) in [6, 6.07) is 2.02. The van der Waals surface area contributed by atoms with Crippen molar-refractivity contribution in [2.75, 3.05) is 6.54 Å². The topological polar surface area (TPSA) is 53.6 Å². The first-order valence-electron chi connectivity index (χ1n) is 6.88. The Labute approximate surface area is 114 Å². The minimum atomic E-state index is 0.661. The number of hydrogen-bond acceptors (Lipinski definition) is 3. The lowest BCUT2D eigenvalue weighted by Crippen LogP contribution is -2.19. The molecule has 0 saturated carbocycles. The van der Waals surface area contributed by atoms with Crippen molar-refractivity contribution < 1.29 is 0 Å². The van der Waals surface area contributed by atoms with Crippen molar-refractivity contribution in [1.29, 1.82) is 0 Å². The van der Waals surface area contributed by atoms with Crippen LogP contribution >= 0.6 is 0 Å². The van der Waals surface area contributed by atoms with Gasteiger partial charge in [0.1, 0.15) is 5.82 Å². The van der Waals surface area contributed by atoms with Gasteiger partial charge in [0.15, 0.2) is 0 Å². The molecular weight excluding hydrogens is 236 g/mol. The van der Waals surface area contributed by atoms with Gasteiger partial charge in [0.25, 0.3) is 0 Å². The molecule has 0 aliphatic heterocycles. The number of pyridine rings is 1. The molecule has 0 bridgehead atoms. The largest absolute Gasteiger partial charge is 0.341 e. The average Bonchev–Trinajstić information content (AvgIpc) is 2.87. The van der Waals surface area contributed by atoms with Gasteiger partial charge in [0.05, 0.1) is 0 Å². The van der Waals surface area contributed by atoms with Crippen molar-refractivity contribution in [3.05, 3.63) is 35.9 Å². The Morgan fingerprint density at radius 1 is 1.32 bits per heavy atom. The van der Waals surface area contributed by atoms with Crippen LogP contribution in [0.15, 0.2) is 24.7 Å². The van der Waals surface area contributed by atoms with Gasteiger partial charge in [-0.3, -0.25) is 4.98 Å². The molecule has 0 saturated heterocycles. The molecule has 4 heteroatoms. The van der Waals surface area contributed by atoms with Crippen molar-refractivity contribution in [1.82, 2.24) is 20.3 Å². The van der Waals surface area contributed by atoms with Crippen LogP contribution in [0.5, 0.6) is 0 Å². The van der Waals surface area contributed by atoms with E-state index in [4.69, 9.17) is 0 Å². The number of rotatable bonds is 6. The average molecular weight is 258 g/mol. The molecule has 0 atom stereocenters. The zero-order chi connectivity index (χ0) is 13.7. The fraction of sp³-hybridized carbons (Fsp3) is 0.467. The maximum absolute atomic E-state index is 4.47. The first-order valence-corrected chi connectivity index (χ1v) is 6.88. The summed E-state index contributed by atoms with van der Waals surface area (Å²) in [5, 5.41) is 3.41. The van der Waals surface area contributed by atoms with Gasteiger partial charge in [-0.05, 0) is 30.5 Å². The third-order valence-corrected chi connectivity index (χ3v) is 3.04. The fourth-order valence-electron chi connectivity index (χ4n) is 2.02. The van der Waals surface area contributed by atoms with E-state index in [-0.39, 0.29) is 0 Å². The Morgan fingerprint density at radius 2 is 2.16 bits per heavy atom. The van der Waals surface area contributed by atoms with Gasteiger partial charge >= 0.3 is 0 Å². The standard InChI is InChI=1S/C15H22N4/c1-4-12-8-16-6-5-14(12)15-18-10-13(19-15)9-17-7-11(2)3/h5-6,8,10-11,17H,4,7,9H2,1-3H3,(H,18,19). The monoisotopic (exact) mass is 258 g/mol. The highest BCUT2D eigenvalue weighted by Gasteiger charge is 2.07. The number of nitrogens with one attached hydrogen (secondary N) is 2. The summed E-state index contributed by atoms with van der Waals surface area (Å²) in [4.78, 5) is 12.0. The van der Waals surface area contributed by atoms with E-state index in [0.29, 0.717) is 5.92 Å². The SMILES string of the molecule is CCc1cnccc1-c1ncc(CNCC(C)C)[nH]1. The molecule has 0 unspecified atom stereocenters. The predicted octanol–water partition coefficient (Wildman–Crippen LogP) is 2.78. The van der Waals surface area contributed by atoms with Crippen LogP contribution in [0.2, 0.25) is 0 Å². The lowest BCUT2D eigenvalue weighted by molar-refractivity contribution is 0.549. The second-order valence-corrected chi connectivity index (χ2v) is 5.17. The van der Waals surface area contributed by atoms with Crippen molar-refractivity contribution in [2.24, 2.45) is 5.92 Å². The molecule has 0 spiro atoms. The summed E-state index contributed by atoms with van der Waals surface area (Å²) in [7, 11) is 0. The molecular formula is C15H22N4. The molecule has 2 rings (SSSR count). The molecule has 102 valence electrons. The van der Waals surface area contributed by atoms with Crippen LogP contribution in [0.1, 0.15) is 32.0 Å². The molecule has 0 radical (unpaired) electrons. The minimum absolute atomic E-state index is 0.661. The Morgan fingerprint density at radius 3 is 2.89 bits per heavy atom. The van der Waals surface area contributed by atoms with Crippen molar-refractivity contribution in [3.63, 3.8) is 0 Å². The van der Waals surface area contributed by atoms with Crippen molar-refractivity contribution in [3.8, 4) is 11.4 Å². The summed E-state index contributed by atoms with van der Waals surface area (Å²) in [5.41, 5.74) is 3.49. The van der Waals surface area contributed by atoms with E-state index in [1.807, 2.05) is 24.7 Å². The van der Waals surface area contributed by atoms with E-state index >= 15 is 0 Å². The molecule has 0 aromatic carbocycles. The fourth-order valence-corrected chi connectivity index (χ4v) is 2.02. The lowest BCUT2D eigenvalue weighted by Gasteiger charge is -2.06.